The fraction of sp³-hybridized carbons (Fsp3) is 0.167. The van der Waals surface area contributed by atoms with E-state index < -0.39 is 21.8 Å². The SMILES string of the molecule is CCS(=O)(=O)Nc1cc2oc(-c3ccc(F)cc3)c(C(=O)OC)c2cc1Br. The highest BCUT2D eigenvalue weighted by atomic mass is 79.9. The van der Waals surface area contributed by atoms with Gasteiger partial charge in [0.25, 0.3) is 0 Å². The number of hydrogen-bond donors (Lipinski definition) is 1. The molecule has 0 saturated carbocycles. The zero-order valence-corrected chi connectivity index (χ0v) is 16.8. The van der Waals surface area contributed by atoms with Gasteiger partial charge in [0.1, 0.15) is 22.7 Å². The summed E-state index contributed by atoms with van der Waals surface area (Å²) < 4.78 is 50.5. The number of esters is 1. The molecule has 3 rings (SSSR count). The Morgan fingerprint density at radius 1 is 1.26 bits per heavy atom. The molecule has 0 spiro atoms. The predicted octanol–water partition coefficient (Wildman–Crippen LogP) is 4.55. The highest BCUT2D eigenvalue weighted by Gasteiger charge is 2.24. The molecule has 0 amide bonds. The maximum atomic E-state index is 13.2. The number of carbonyl (C=O) groups excluding carboxylic acids is 1. The number of rotatable bonds is 5. The van der Waals surface area contributed by atoms with Gasteiger partial charge in [-0.15, -0.1) is 0 Å². The second-order valence-electron chi connectivity index (χ2n) is 5.64. The summed E-state index contributed by atoms with van der Waals surface area (Å²) in [7, 11) is -2.26. The van der Waals surface area contributed by atoms with Crippen LogP contribution in [0.4, 0.5) is 10.1 Å². The molecule has 0 atom stereocenters. The monoisotopic (exact) mass is 455 g/mol. The average molecular weight is 456 g/mol. The van der Waals surface area contributed by atoms with Crippen molar-refractivity contribution in [2.75, 3.05) is 17.6 Å². The molecule has 0 bridgehead atoms. The molecular weight excluding hydrogens is 441 g/mol. The van der Waals surface area contributed by atoms with Gasteiger partial charge in [-0.3, -0.25) is 4.72 Å². The van der Waals surface area contributed by atoms with Crippen molar-refractivity contribution in [2.45, 2.75) is 6.92 Å². The zero-order chi connectivity index (χ0) is 19.8. The smallest absolute Gasteiger partial charge is 0.342 e. The lowest BCUT2D eigenvalue weighted by molar-refractivity contribution is 0.0603. The van der Waals surface area contributed by atoms with Crippen LogP contribution in [-0.2, 0) is 14.8 Å². The van der Waals surface area contributed by atoms with Gasteiger partial charge in [0.05, 0.1) is 18.6 Å². The van der Waals surface area contributed by atoms with E-state index in [4.69, 9.17) is 9.15 Å². The molecule has 9 heteroatoms. The predicted molar refractivity (Wildman–Crippen MR) is 104 cm³/mol. The molecule has 27 heavy (non-hydrogen) atoms. The van der Waals surface area contributed by atoms with Crippen molar-refractivity contribution < 1.29 is 26.8 Å². The number of carbonyl (C=O) groups is 1. The van der Waals surface area contributed by atoms with Crippen molar-refractivity contribution in [3.8, 4) is 11.3 Å². The summed E-state index contributed by atoms with van der Waals surface area (Å²) in [5.41, 5.74) is 1.22. The molecular formula is C18H15BrFNO5S. The molecule has 1 aromatic heterocycles. The molecule has 0 aliphatic heterocycles. The zero-order valence-electron chi connectivity index (χ0n) is 14.4. The molecule has 0 aliphatic rings. The Balaban J connectivity index is 2.24. The van der Waals surface area contributed by atoms with E-state index >= 15 is 0 Å². The van der Waals surface area contributed by atoms with Gasteiger partial charge in [0.15, 0.2) is 0 Å². The molecule has 0 unspecified atom stereocenters. The van der Waals surface area contributed by atoms with Gasteiger partial charge in [-0.25, -0.2) is 17.6 Å². The Kier molecular flexibility index (Phi) is 5.25. The molecule has 0 radical (unpaired) electrons. The minimum Gasteiger partial charge on any atom is -0.465 e. The van der Waals surface area contributed by atoms with Gasteiger partial charge >= 0.3 is 5.97 Å². The summed E-state index contributed by atoms with van der Waals surface area (Å²) in [6, 6.07) is 8.52. The van der Waals surface area contributed by atoms with Crippen LogP contribution < -0.4 is 4.72 Å². The van der Waals surface area contributed by atoms with E-state index in [2.05, 4.69) is 20.7 Å². The van der Waals surface area contributed by atoms with E-state index in [1.807, 2.05) is 0 Å². The average Bonchev–Trinajstić information content (AvgIpc) is 3.00. The van der Waals surface area contributed by atoms with Crippen molar-refractivity contribution in [3.63, 3.8) is 0 Å². The number of sulfonamides is 1. The van der Waals surface area contributed by atoms with Crippen molar-refractivity contribution in [3.05, 3.63) is 52.3 Å². The first-order valence-corrected chi connectivity index (χ1v) is 10.3. The van der Waals surface area contributed by atoms with Crippen LogP contribution >= 0.6 is 15.9 Å². The number of methoxy groups -OCH3 is 1. The third kappa shape index (κ3) is 3.84. The first-order chi connectivity index (χ1) is 12.8. The van der Waals surface area contributed by atoms with Crippen molar-refractivity contribution in [1.29, 1.82) is 0 Å². The second-order valence-corrected chi connectivity index (χ2v) is 8.50. The van der Waals surface area contributed by atoms with Crippen LogP contribution in [0.5, 0.6) is 0 Å². The van der Waals surface area contributed by atoms with Crippen molar-refractivity contribution >= 4 is 48.6 Å². The number of anilines is 1. The molecule has 1 heterocycles. The summed E-state index contributed by atoms with van der Waals surface area (Å²) in [5.74, 6) is -0.932. The maximum absolute atomic E-state index is 13.2. The normalized spacial score (nSPS) is 11.6. The van der Waals surface area contributed by atoms with Crippen LogP contribution in [0, 0.1) is 5.82 Å². The lowest BCUT2D eigenvalue weighted by atomic mass is 10.1. The lowest BCUT2D eigenvalue weighted by Crippen LogP contribution is -2.14. The molecule has 0 saturated heterocycles. The Bertz CT molecular complexity index is 1120. The molecule has 142 valence electrons. The topological polar surface area (TPSA) is 85.6 Å². The summed E-state index contributed by atoms with van der Waals surface area (Å²) in [6.07, 6.45) is 0. The van der Waals surface area contributed by atoms with Crippen molar-refractivity contribution in [1.82, 2.24) is 0 Å². The maximum Gasteiger partial charge on any atom is 0.342 e. The highest BCUT2D eigenvalue weighted by molar-refractivity contribution is 9.10. The van der Waals surface area contributed by atoms with Gasteiger partial charge < -0.3 is 9.15 Å². The van der Waals surface area contributed by atoms with E-state index in [1.54, 1.807) is 6.07 Å². The molecule has 0 fully saturated rings. The van der Waals surface area contributed by atoms with Gasteiger partial charge in [0, 0.05) is 21.5 Å². The number of ether oxygens (including phenoxy) is 1. The van der Waals surface area contributed by atoms with Gasteiger partial charge in [-0.1, -0.05) is 0 Å². The largest absolute Gasteiger partial charge is 0.465 e. The number of furan rings is 1. The van der Waals surface area contributed by atoms with Crippen molar-refractivity contribution in [2.24, 2.45) is 0 Å². The minimum atomic E-state index is -3.50. The fourth-order valence-corrected chi connectivity index (χ4v) is 3.77. The van der Waals surface area contributed by atoms with E-state index in [0.717, 1.165) is 0 Å². The second kappa shape index (κ2) is 7.32. The number of nitrogens with one attached hydrogen (secondary N) is 1. The molecule has 1 N–H and O–H groups in total. The Hall–Kier alpha value is -2.39. The Morgan fingerprint density at radius 2 is 1.93 bits per heavy atom. The van der Waals surface area contributed by atoms with E-state index in [1.165, 1.54) is 44.4 Å². The standard InChI is InChI=1S/C18H15BrFNO5S/c1-3-27(23,24)21-14-9-15-12(8-13(14)19)16(18(22)25-2)17(26-15)10-4-6-11(20)7-5-10/h4-9,21H,3H2,1-2H3. The van der Waals surface area contributed by atoms with Gasteiger partial charge in [-0.05, 0) is 53.2 Å². The number of benzene rings is 2. The number of hydrogen-bond acceptors (Lipinski definition) is 5. The van der Waals surface area contributed by atoms with Crippen LogP contribution in [0.15, 0.2) is 45.3 Å². The van der Waals surface area contributed by atoms with E-state index in [9.17, 15) is 17.6 Å². The molecule has 0 aliphatic carbocycles. The quantitative estimate of drug-likeness (QED) is 0.570. The third-order valence-corrected chi connectivity index (χ3v) is 5.87. The number of fused-ring (bicyclic) bond motifs is 1. The summed E-state index contributed by atoms with van der Waals surface area (Å²) in [4.78, 5) is 12.3. The highest BCUT2D eigenvalue weighted by Crippen LogP contribution is 2.38. The summed E-state index contributed by atoms with van der Waals surface area (Å²) >= 11 is 3.31. The van der Waals surface area contributed by atoms with Gasteiger partial charge in [-0.2, -0.15) is 0 Å². The first kappa shape index (κ1) is 19.4. The van der Waals surface area contributed by atoms with Crippen LogP contribution in [0.2, 0.25) is 0 Å². The van der Waals surface area contributed by atoms with E-state index in [-0.39, 0.29) is 28.3 Å². The number of halogens is 2. The summed E-state index contributed by atoms with van der Waals surface area (Å²) in [5, 5.41) is 0.437. The lowest BCUT2D eigenvalue weighted by Gasteiger charge is -2.08. The molecule has 2 aromatic carbocycles. The molecule has 6 nitrogen and oxygen atoms in total. The van der Waals surface area contributed by atoms with E-state index in [0.29, 0.717) is 15.4 Å². The third-order valence-electron chi connectivity index (χ3n) is 3.92. The Morgan fingerprint density at radius 3 is 2.52 bits per heavy atom. The molecule has 3 aromatic rings. The van der Waals surface area contributed by atoms with Crippen LogP contribution in [0.1, 0.15) is 17.3 Å². The minimum absolute atomic E-state index is 0.0934. The van der Waals surface area contributed by atoms with Gasteiger partial charge in [0.2, 0.25) is 10.0 Å². The van der Waals surface area contributed by atoms with Crippen LogP contribution in [0.3, 0.4) is 0 Å². The Labute approximate surface area is 163 Å². The fourth-order valence-electron chi connectivity index (χ4n) is 2.54. The van der Waals surface area contributed by atoms with Crippen LogP contribution in [0.25, 0.3) is 22.3 Å². The first-order valence-electron chi connectivity index (χ1n) is 7.86. The van der Waals surface area contributed by atoms with Crippen LogP contribution in [-0.4, -0.2) is 27.2 Å². The summed E-state index contributed by atoms with van der Waals surface area (Å²) in [6.45, 7) is 1.52.